The van der Waals surface area contributed by atoms with E-state index in [0.29, 0.717) is 18.9 Å². The van der Waals surface area contributed by atoms with Gasteiger partial charge in [-0.05, 0) is 24.8 Å². The van der Waals surface area contributed by atoms with E-state index in [9.17, 15) is 13.2 Å². The van der Waals surface area contributed by atoms with Gasteiger partial charge in [0.1, 0.15) is 0 Å². The van der Waals surface area contributed by atoms with Gasteiger partial charge in [-0.25, -0.2) is 12.7 Å². The maximum Gasteiger partial charge on any atom is 0.220 e. The van der Waals surface area contributed by atoms with Crippen molar-refractivity contribution in [1.82, 2.24) is 9.62 Å². The number of sulfonamides is 1. The average molecular weight is 293 g/mol. The van der Waals surface area contributed by atoms with Crippen LogP contribution in [0.3, 0.4) is 0 Å². The Morgan fingerprint density at radius 3 is 2.32 bits per heavy atom. The van der Waals surface area contributed by atoms with E-state index in [1.165, 1.54) is 14.1 Å². The number of rotatable bonds is 9. The van der Waals surface area contributed by atoms with E-state index in [0.717, 1.165) is 10.7 Å². The Morgan fingerprint density at radius 2 is 1.89 bits per heavy atom. The van der Waals surface area contributed by atoms with Gasteiger partial charge in [0.2, 0.25) is 15.9 Å². The number of carbonyl (C=O) groups is 1. The van der Waals surface area contributed by atoms with Gasteiger partial charge in [-0.2, -0.15) is 0 Å². The van der Waals surface area contributed by atoms with Crippen LogP contribution in [0.1, 0.15) is 26.7 Å². The molecule has 19 heavy (non-hydrogen) atoms. The van der Waals surface area contributed by atoms with Crippen LogP contribution >= 0.6 is 0 Å². The Hall–Kier alpha value is -0.660. The number of amides is 1. The summed E-state index contributed by atoms with van der Waals surface area (Å²) in [6, 6.07) is 0. The largest absolute Gasteiger partial charge is 0.355 e. The molecule has 1 atom stereocenters. The highest BCUT2D eigenvalue weighted by molar-refractivity contribution is 7.89. The third-order valence-corrected chi connectivity index (χ3v) is 4.68. The van der Waals surface area contributed by atoms with Crippen molar-refractivity contribution in [3.63, 3.8) is 0 Å². The molecule has 0 aliphatic rings. The average Bonchev–Trinajstić information content (AvgIpc) is 2.26. The maximum absolute atomic E-state index is 11.7. The smallest absolute Gasteiger partial charge is 0.220 e. The number of hydrogen-bond donors (Lipinski definition) is 2. The Balaban J connectivity index is 4.05. The van der Waals surface area contributed by atoms with Crippen molar-refractivity contribution in [2.75, 3.05) is 32.9 Å². The molecule has 0 bridgehead atoms. The summed E-state index contributed by atoms with van der Waals surface area (Å²) in [7, 11) is -0.300. The first kappa shape index (κ1) is 18.3. The van der Waals surface area contributed by atoms with Crippen molar-refractivity contribution in [2.24, 2.45) is 17.6 Å². The van der Waals surface area contributed by atoms with E-state index in [2.05, 4.69) is 19.2 Å². The summed E-state index contributed by atoms with van der Waals surface area (Å²) in [4.78, 5) is 11.7. The van der Waals surface area contributed by atoms with Crippen LogP contribution in [0.4, 0.5) is 0 Å². The SMILES string of the molecule is CC(C)C[C@H](CN)CC(=O)NCCS(=O)(=O)N(C)C. The summed E-state index contributed by atoms with van der Waals surface area (Å²) in [5.41, 5.74) is 5.62. The van der Waals surface area contributed by atoms with Gasteiger partial charge in [-0.1, -0.05) is 13.8 Å². The second-order valence-electron chi connectivity index (χ2n) is 5.38. The Labute approximate surface area is 116 Å². The van der Waals surface area contributed by atoms with Crippen molar-refractivity contribution in [3.8, 4) is 0 Å². The highest BCUT2D eigenvalue weighted by atomic mass is 32.2. The van der Waals surface area contributed by atoms with E-state index in [1.54, 1.807) is 0 Å². The molecule has 0 aromatic heterocycles. The predicted octanol–water partition coefficient (Wildman–Crippen LogP) is 0.00510. The van der Waals surface area contributed by atoms with Crippen molar-refractivity contribution in [3.05, 3.63) is 0 Å². The Morgan fingerprint density at radius 1 is 1.32 bits per heavy atom. The monoisotopic (exact) mass is 293 g/mol. The van der Waals surface area contributed by atoms with Crippen LogP contribution in [0.5, 0.6) is 0 Å². The van der Waals surface area contributed by atoms with Gasteiger partial charge in [-0.3, -0.25) is 4.79 Å². The van der Waals surface area contributed by atoms with Gasteiger partial charge >= 0.3 is 0 Å². The lowest BCUT2D eigenvalue weighted by Gasteiger charge is -2.17. The van der Waals surface area contributed by atoms with Gasteiger partial charge in [0.15, 0.2) is 0 Å². The van der Waals surface area contributed by atoms with E-state index >= 15 is 0 Å². The van der Waals surface area contributed by atoms with Crippen molar-refractivity contribution < 1.29 is 13.2 Å². The number of nitrogens with two attached hydrogens (primary N) is 1. The maximum atomic E-state index is 11.7. The quantitative estimate of drug-likeness (QED) is 0.626. The summed E-state index contributed by atoms with van der Waals surface area (Å²) < 4.78 is 24.1. The lowest BCUT2D eigenvalue weighted by Crippen LogP contribution is -2.35. The normalized spacial score (nSPS) is 13.8. The van der Waals surface area contributed by atoms with E-state index < -0.39 is 10.0 Å². The van der Waals surface area contributed by atoms with E-state index in [4.69, 9.17) is 5.73 Å². The van der Waals surface area contributed by atoms with Crippen LogP contribution in [0.15, 0.2) is 0 Å². The molecule has 0 aliphatic heterocycles. The lowest BCUT2D eigenvalue weighted by atomic mass is 9.94. The van der Waals surface area contributed by atoms with Crippen LogP contribution in [0.2, 0.25) is 0 Å². The zero-order chi connectivity index (χ0) is 15.1. The molecule has 0 unspecified atom stereocenters. The topological polar surface area (TPSA) is 92.5 Å². The fraction of sp³-hybridized carbons (Fsp3) is 0.917. The van der Waals surface area contributed by atoms with Crippen LogP contribution in [0, 0.1) is 11.8 Å². The van der Waals surface area contributed by atoms with E-state index in [-0.39, 0.29) is 24.1 Å². The first-order chi connectivity index (χ1) is 8.69. The lowest BCUT2D eigenvalue weighted by molar-refractivity contribution is -0.121. The molecule has 0 heterocycles. The molecule has 1 amide bonds. The third kappa shape index (κ3) is 8.18. The summed E-state index contributed by atoms with van der Waals surface area (Å²) in [6.45, 7) is 4.79. The highest BCUT2D eigenvalue weighted by Gasteiger charge is 2.16. The number of hydrogen-bond acceptors (Lipinski definition) is 4. The first-order valence-corrected chi connectivity index (χ1v) is 8.17. The van der Waals surface area contributed by atoms with Crippen LogP contribution in [0.25, 0.3) is 0 Å². The van der Waals surface area contributed by atoms with Crippen molar-refractivity contribution in [1.29, 1.82) is 0 Å². The molecule has 3 N–H and O–H groups in total. The number of nitrogens with zero attached hydrogens (tertiary/aromatic N) is 1. The van der Waals surface area contributed by atoms with Gasteiger partial charge in [-0.15, -0.1) is 0 Å². The predicted molar refractivity (Wildman–Crippen MR) is 77.1 cm³/mol. The molecule has 114 valence electrons. The van der Waals surface area contributed by atoms with Crippen molar-refractivity contribution in [2.45, 2.75) is 26.7 Å². The molecule has 6 nitrogen and oxygen atoms in total. The first-order valence-electron chi connectivity index (χ1n) is 6.56. The fourth-order valence-corrected chi connectivity index (χ4v) is 2.49. The summed E-state index contributed by atoms with van der Waals surface area (Å²) in [5.74, 6) is 0.439. The molecule has 0 aliphatic carbocycles. The molecule has 0 aromatic carbocycles. The molecule has 0 aromatic rings. The minimum atomic E-state index is -3.25. The van der Waals surface area contributed by atoms with Gasteiger partial charge in [0, 0.05) is 27.1 Å². The standard InChI is InChI=1S/C12H27N3O3S/c1-10(2)7-11(9-13)8-12(16)14-5-6-19(17,18)15(3)4/h10-11H,5-9,13H2,1-4H3,(H,14,16)/t11-/m0/s1. The molecule has 0 radical (unpaired) electrons. The molecule has 0 rings (SSSR count). The molecule has 0 saturated carbocycles. The second-order valence-corrected chi connectivity index (χ2v) is 7.69. The van der Waals surface area contributed by atoms with Gasteiger partial charge < -0.3 is 11.1 Å². The molecule has 0 saturated heterocycles. The van der Waals surface area contributed by atoms with Crippen LogP contribution < -0.4 is 11.1 Å². The molecule has 7 heteroatoms. The summed E-state index contributed by atoms with van der Waals surface area (Å²) >= 11 is 0. The van der Waals surface area contributed by atoms with Crippen LogP contribution in [-0.2, 0) is 14.8 Å². The van der Waals surface area contributed by atoms with E-state index in [1.807, 2.05) is 0 Å². The zero-order valence-corrected chi connectivity index (χ0v) is 13.2. The Bertz CT molecular complexity index is 366. The second kappa shape index (κ2) is 8.50. The zero-order valence-electron chi connectivity index (χ0n) is 12.3. The highest BCUT2D eigenvalue weighted by Crippen LogP contribution is 2.13. The number of carbonyl (C=O) groups excluding carboxylic acids is 1. The molecular weight excluding hydrogens is 266 g/mol. The van der Waals surface area contributed by atoms with Gasteiger partial charge in [0.05, 0.1) is 5.75 Å². The third-order valence-electron chi connectivity index (χ3n) is 2.85. The molecule has 0 spiro atoms. The molecule has 0 fully saturated rings. The van der Waals surface area contributed by atoms with Gasteiger partial charge in [0.25, 0.3) is 0 Å². The fourth-order valence-electron chi connectivity index (χ4n) is 1.77. The van der Waals surface area contributed by atoms with Crippen molar-refractivity contribution >= 4 is 15.9 Å². The minimum Gasteiger partial charge on any atom is -0.355 e. The Kier molecular flexibility index (Phi) is 8.20. The van der Waals surface area contributed by atoms with Crippen LogP contribution in [-0.4, -0.2) is 51.6 Å². The summed E-state index contributed by atoms with van der Waals surface area (Å²) in [5, 5.41) is 2.63. The number of nitrogens with one attached hydrogen (secondary N) is 1. The minimum absolute atomic E-state index is 0.0801. The summed E-state index contributed by atoms with van der Waals surface area (Å²) in [6.07, 6.45) is 1.26. The molecular formula is C12H27N3O3S.